The zero-order valence-electron chi connectivity index (χ0n) is 21.0. The van der Waals surface area contributed by atoms with Gasteiger partial charge >= 0.3 is 5.97 Å². The van der Waals surface area contributed by atoms with Gasteiger partial charge in [0.2, 0.25) is 0 Å². The van der Waals surface area contributed by atoms with Crippen LogP contribution in [0.4, 0.5) is 0 Å². The van der Waals surface area contributed by atoms with Crippen LogP contribution in [0, 0.1) is 0 Å². The minimum atomic E-state index is -0.386. The van der Waals surface area contributed by atoms with Crippen molar-refractivity contribution in [1.29, 1.82) is 0 Å². The van der Waals surface area contributed by atoms with Crippen LogP contribution in [0.5, 0.6) is 0 Å². The highest BCUT2D eigenvalue weighted by molar-refractivity contribution is 9.11. The zero-order valence-corrected chi connectivity index (χ0v) is 25.8. The zero-order chi connectivity index (χ0) is 27.9. The average molecular weight is 692 g/mol. The number of nitrogens with two attached hydrogens (primary N) is 1. The van der Waals surface area contributed by atoms with Crippen LogP contribution in [0.3, 0.4) is 0 Å². The van der Waals surface area contributed by atoms with E-state index in [4.69, 9.17) is 10.5 Å². The minimum Gasteiger partial charge on any atom is -0.462 e. The molecule has 0 aromatic carbocycles. The highest BCUT2D eigenvalue weighted by Gasteiger charge is 2.16. The summed E-state index contributed by atoms with van der Waals surface area (Å²) in [7, 11) is 3.37. The highest BCUT2D eigenvalue weighted by atomic mass is 79.9. The van der Waals surface area contributed by atoms with E-state index in [0.29, 0.717) is 33.7 Å². The van der Waals surface area contributed by atoms with Crippen LogP contribution < -0.4 is 22.2 Å². The van der Waals surface area contributed by atoms with Gasteiger partial charge in [-0.05, 0) is 64.4 Å². The smallest absolute Gasteiger partial charge is 0.348 e. The highest BCUT2D eigenvalue weighted by Crippen LogP contribution is 2.31. The first-order chi connectivity index (χ1) is 17.5. The Morgan fingerprint density at radius 3 is 1.76 bits per heavy atom. The van der Waals surface area contributed by atoms with E-state index in [0.717, 1.165) is 24.9 Å². The Labute approximate surface area is 245 Å². The number of esters is 1. The summed E-state index contributed by atoms with van der Waals surface area (Å²) in [5, 5.41) is 3.84. The van der Waals surface area contributed by atoms with E-state index in [1.807, 2.05) is 13.8 Å². The average Bonchev–Trinajstić information content (AvgIpc) is 3.49. The standard InChI is InChI=1S/C11H11BrN2O2S.C11H10BrNO3S.C2H7N.CH4/c1-3-13-10(15)8-4-6-9(17-8)7(12)5-14(2)11(6)16;1-3-16-11(15)8-4-6-9(17-8)7(12)5-13(2)10(6)14;1-2-3;/h4-5H,3H2,1-2H3,(H,13,15);4-5H,3H2,1-2H3;2-3H2,1H3;1H4. The van der Waals surface area contributed by atoms with Crippen molar-refractivity contribution in [2.45, 2.75) is 28.2 Å². The molecule has 208 valence electrons. The van der Waals surface area contributed by atoms with Crippen molar-refractivity contribution in [3.8, 4) is 0 Å². The number of ether oxygens (including phenoxy) is 1. The number of aromatic nitrogens is 2. The van der Waals surface area contributed by atoms with E-state index in [-0.39, 0.29) is 30.4 Å². The number of aryl methyl sites for hydroxylation is 2. The first kappa shape index (κ1) is 33.7. The van der Waals surface area contributed by atoms with E-state index in [1.165, 1.54) is 31.8 Å². The fourth-order valence-corrected chi connectivity index (χ4v) is 6.51. The molecule has 0 aliphatic carbocycles. The molecule has 13 heteroatoms. The van der Waals surface area contributed by atoms with Gasteiger partial charge in [-0.3, -0.25) is 14.4 Å². The Bertz CT molecular complexity index is 1420. The molecule has 9 nitrogen and oxygen atoms in total. The van der Waals surface area contributed by atoms with Gasteiger partial charge in [-0.2, -0.15) is 0 Å². The summed E-state index contributed by atoms with van der Waals surface area (Å²) in [6.45, 7) is 7.17. The lowest BCUT2D eigenvalue weighted by Gasteiger charge is -1.98. The molecule has 4 aromatic heterocycles. The molecular formula is C25H32Br2N4O5S2. The summed E-state index contributed by atoms with van der Waals surface area (Å²) in [5.74, 6) is -0.523. The number of hydrogen-bond donors (Lipinski definition) is 2. The lowest BCUT2D eigenvalue weighted by molar-refractivity contribution is 0.0532. The number of hydrogen-bond acceptors (Lipinski definition) is 8. The van der Waals surface area contributed by atoms with Crippen LogP contribution in [0.25, 0.3) is 20.2 Å². The number of fused-ring (bicyclic) bond motifs is 2. The molecule has 0 aliphatic heterocycles. The van der Waals surface area contributed by atoms with Crippen molar-refractivity contribution >= 4 is 86.6 Å². The molecule has 0 saturated carbocycles. The number of nitrogens with one attached hydrogen (secondary N) is 1. The lowest BCUT2D eigenvalue weighted by Crippen LogP contribution is -2.21. The minimum absolute atomic E-state index is 0. The van der Waals surface area contributed by atoms with Gasteiger partial charge in [0.1, 0.15) is 4.88 Å². The van der Waals surface area contributed by atoms with Crippen molar-refractivity contribution in [3.05, 3.63) is 63.9 Å². The predicted molar refractivity (Wildman–Crippen MR) is 165 cm³/mol. The summed E-state index contributed by atoms with van der Waals surface area (Å²) in [6.07, 6.45) is 3.40. The van der Waals surface area contributed by atoms with Crippen molar-refractivity contribution < 1.29 is 14.3 Å². The number of pyridine rings is 2. The van der Waals surface area contributed by atoms with E-state index in [9.17, 15) is 19.2 Å². The van der Waals surface area contributed by atoms with Gasteiger partial charge < -0.3 is 24.9 Å². The number of halogens is 2. The second-order valence-electron chi connectivity index (χ2n) is 7.48. The van der Waals surface area contributed by atoms with E-state index in [2.05, 4.69) is 37.2 Å². The third-order valence-electron chi connectivity index (χ3n) is 4.65. The molecule has 0 fully saturated rings. The molecule has 1 amide bonds. The van der Waals surface area contributed by atoms with Crippen molar-refractivity contribution in [2.24, 2.45) is 19.8 Å². The Morgan fingerprint density at radius 2 is 1.34 bits per heavy atom. The second kappa shape index (κ2) is 15.3. The van der Waals surface area contributed by atoms with Gasteiger partial charge in [0.05, 0.1) is 40.6 Å². The normalized spacial score (nSPS) is 10.1. The third kappa shape index (κ3) is 7.85. The number of amides is 1. The van der Waals surface area contributed by atoms with Crippen LogP contribution in [0.15, 0.2) is 43.1 Å². The third-order valence-corrected chi connectivity index (χ3v) is 8.69. The molecule has 0 unspecified atom stereocenters. The summed E-state index contributed by atoms with van der Waals surface area (Å²) in [6, 6.07) is 3.24. The van der Waals surface area contributed by atoms with Gasteiger partial charge in [-0.25, -0.2) is 4.79 Å². The maximum atomic E-state index is 11.9. The van der Waals surface area contributed by atoms with E-state index in [1.54, 1.807) is 45.5 Å². The quantitative estimate of drug-likeness (QED) is 0.282. The van der Waals surface area contributed by atoms with Gasteiger partial charge in [-0.1, -0.05) is 14.4 Å². The predicted octanol–water partition coefficient (Wildman–Crippen LogP) is 5.25. The van der Waals surface area contributed by atoms with Crippen molar-refractivity contribution in [3.63, 3.8) is 0 Å². The fourth-order valence-electron chi connectivity index (χ4n) is 3.07. The second-order valence-corrected chi connectivity index (χ2v) is 11.3. The first-order valence-corrected chi connectivity index (χ1v) is 14.4. The van der Waals surface area contributed by atoms with E-state index < -0.39 is 0 Å². The maximum Gasteiger partial charge on any atom is 0.348 e. The molecule has 3 N–H and O–H groups in total. The van der Waals surface area contributed by atoms with Crippen LogP contribution in [0.2, 0.25) is 0 Å². The van der Waals surface area contributed by atoms with Crippen molar-refractivity contribution in [2.75, 3.05) is 19.7 Å². The molecular weight excluding hydrogens is 660 g/mol. The maximum absolute atomic E-state index is 11.9. The van der Waals surface area contributed by atoms with Gasteiger partial charge in [-0.15, -0.1) is 22.7 Å². The summed E-state index contributed by atoms with van der Waals surface area (Å²) in [5.41, 5.74) is 4.64. The van der Waals surface area contributed by atoms with Crippen LogP contribution in [-0.2, 0) is 18.8 Å². The molecule has 4 aromatic rings. The number of carbonyl (C=O) groups is 2. The molecule has 0 atom stereocenters. The molecule has 0 spiro atoms. The number of nitrogens with zero attached hydrogens (tertiary/aromatic N) is 2. The van der Waals surface area contributed by atoms with E-state index >= 15 is 0 Å². The van der Waals surface area contributed by atoms with Gasteiger partial charge in [0, 0.05) is 33.0 Å². The van der Waals surface area contributed by atoms with Crippen LogP contribution in [0.1, 0.15) is 47.5 Å². The van der Waals surface area contributed by atoms with Crippen LogP contribution in [-0.4, -0.2) is 40.7 Å². The monoisotopic (exact) mass is 690 g/mol. The molecule has 0 saturated heterocycles. The lowest BCUT2D eigenvalue weighted by atomic mass is 10.3. The Hall–Kier alpha value is -2.32. The van der Waals surface area contributed by atoms with Crippen LogP contribution >= 0.6 is 54.5 Å². The summed E-state index contributed by atoms with van der Waals surface area (Å²) >= 11 is 9.37. The Balaban J connectivity index is 0.000000337. The topological polar surface area (TPSA) is 125 Å². The number of thiophene rings is 2. The van der Waals surface area contributed by atoms with Gasteiger partial charge in [0.15, 0.2) is 0 Å². The largest absolute Gasteiger partial charge is 0.462 e. The number of rotatable bonds is 4. The molecule has 0 aliphatic rings. The first-order valence-electron chi connectivity index (χ1n) is 11.2. The fraction of sp³-hybridized carbons (Fsp3) is 0.360. The molecule has 0 bridgehead atoms. The Morgan fingerprint density at radius 1 is 0.921 bits per heavy atom. The molecule has 38 heavy (non-hydrogen) atoms. The van der Waals surface area contributed by atoms with Gasteiger partial charge in [0.25, 0.3) is 17.0 Å². The molecule has 4 heterocycles. The molecule has 4 rings (SSSR count). The molecule has 0 radical (unpaired) electrons. The summed E-state index contributed by atoms with van der Waals surface area (Å²) < 4.78 is 11.1. The SMILES string of the molecule is C.CCN.CCNC(=O)c1cc2c(=O)n(C)cc(Br)c2s1.CCOC(=O)c1cc2c(=O)n(C)cc(Br)c2s1. The number of carbonyl (C=O) groups excluding carboxylic acids is 2. The summed E-state index contributed by atoms with van der Waals surface area (Å²) in [4.78, 5) is 48.1. The van der Waals surface area contributed by atoms with Crippen molar-refractivity contribution in [1.82, 2.24) is 14.5 Å². The Kier molecular flexibility index (Phi) is 13.6.